The Bertz CT molecular complexity index is 420. The van der Waals surface area contributed by atoms with E-state index in [2.05, 4.69) is 28.2 Å². The van der Waals surface area contributed by atoms with Crippen LogP contribution in [0.4, 0.5) is 0 Å². The van der Waals surface area contributed by atoms with Crippen molar-refractivity contribution in [1.29, 1.82) is 5.26 Å². The summed E-state index contributed by atoms with van der Waals surface area (Å²) in [7, 11) is 0. The minimum atomic E-state index is 0.488. The normalized spacial score (nSPS) is 14.7. The van der Waals surface area contributed by atoms with Crippen LogP contribution in [0.15, 0.2) is 18.3 Å². The molecule has 0 saturated heterocycles. The average molecular weight is 244 g/mol. The summed E-state index contributed by atoms with van der Waals surface area (Å²) >= 11 is 0. The lowest BCUT2D eigenvalue weighted by Gasteiger charge is -2.19. The van der Waals surface area contributed by atoms with Crippen LogP contribution in [0.25, 0.3) is 0 Å². The first-order chi connectivity index (χ1) is 8.83. The zero-order valence-electron chi connectivity index (χ0n) is 10.9. The van der Waals surface area contributed by atoms with Crippen molar-refractivity contribution in [2.24, 2.45) is 0 Å². The predicted octanol–water partition coefficient (Wildman–Crippen LogP) is 1.53. The van der Waals surface area contributed by atoms with Crippen molar-refractivity contribution in [3.8, 4) is 6.07 Å². The van der Waals surface area contributed by atoms with Crippen molar-refractivity contribution in [3.05, 3.63) is 29.6 Å². The molecule has 0 unspecified atom stereocenters. The zero-order chi connectivity index (χ0) is 12.8. The van der Waals surface area contributed by atoms with Crippen LogP contribution in [-0.4, -0.2) is 35.6 Å². The average Bonchev–Trinajstić information content (AvgIpc) is 3.23. The van der Waals surface area contributed by atoms with Gasteiger partial charge in [0.25, 0.3) is 0 Å². The van der Waals surface area contributed by atoms with E-state index in [9.17, 15) is 0 Å². The summed E-state index contributed by atoms with van der Waals surface area (Å²) in [6.07, 6.45) is 4.42. The van der Waals surface area contributed by atoms with Crippen LogP contribution in [0, 0.1) is 11.3 Å². The topological polar surface area (TPSA) is 52.0 Å². The molecule has 0 atom stereocenters. The molecule has 1 N–H and O–H groups in total. The standard InChI is InChI=1S/C14H20N4/c1-2-18(14-3-4-14)8-7-16-11-12-5-6-17-13(9-12)10-15/h5-6,9,14,16H,2-4,7-8,11H2,1H3. The largest absolute Gasteiger partial charge is 0.311 e. The van der Waals surface area contributed by atoms with Gasteiger partial charge in [-0.05, 0) is 37.1 Å². The third-order valence-corrected chi connectivity index (χ3v) is 3.31. The third-order valence-electron chi connectivity index (χ3n) is 3.31. The van der Waals surface area contributed by atoms with Gasteiger partial charge in [0.1, 0.15) is 11.8 Å². The summed E-state index contributed by atoms with van der Waals surface area (Å²) in [6.45, 7) is 6.27. The maximum absolute atomic E-state index is 8.77. The first-order valence-electron chi connectivity index (χ1n) is 6.63. The molecule has 1 heterocycles. The van der Waals surface area contributed by atoms with Gasteiger partial charge in [-0.2, -0.15) is 5.26 Å². The van der Waals surface area contributed by atoms with E-state index in [4.69, 9.17) is 5.26 Å². The molecule has 1 aliphatic rings. The van der Waals surface area contributed by atoms with Gasteiger partial charge in [0.15, 0.2) is 0 Å². The van der Waals surface area contributed by atoms with E-state index < -0.39 is 0 Å². The van der Waals surface area contributed by atoms with E-state index in [-0.39, 0.29) is 0 Å². The van der Waals surface area contributed by atoms with Gasteiger partial charge in [0.2, 0.25) is 0 Å². The molecule has 1 saturated carbocycles. The summed E-state index contributed by atoms with van der Waals surface area (Å²) in [6, 6.07) is 6.69. The molecule has 0 amide bonds. The second-order valence-corrected chi connectivity index (χ2v) is 4.70. The van der Waals surface area contributed by atoms with Crippen molar-refractivity contribution in [1.82, 2.24) is 15.2 Å². The minimum Gasteiger partial charge on any atom is -0.311 e. The molecule has 4 nitrogen and oxygen atoms in total. The van der Waals surface area contributed by atoms with Gasteiger partial charge in [-0.25, -0.2) is 4.98 Å². The fraction of sp³-hybridized carbons (Fsp3) is 0.571. The van der Waals surface area contributed by atoms with E-state index in [0.29, 0.717) is 5.69 Å². The Hall–Kier alpha value is -1.44. The SMILES string of the molecule is CCN(CCNCc1ccnc(C#N)c1)C1CC1. The number of pyridine rings is 1. The van der Waals surface area contributed by atoms with Gasteiger partial charge in [-0.3, -0.25) is 4.90 Å². The fourth-order valence-electron chi connectivity index (χ4n) is 2.14. The summed E-state index contributed by atoms with van der Waals surface area (Å²) in [5, 5.41) is 12.2. The number of rotatable bonds is 7. The number of hydrogen-bond donors (Lipinski definition) is 1. The second-order valence-electron chi connectivity index (χ2n) is 4.70. The third kappa shape index (κ3) is 3.80. The number of nitrogens with one attached hydrogen (secondary N) is 1. The Kier molecular flexibility index (Phi) is 4.68. The summed E-state index contributed by atoms with van der Waals surface area (Å²) in [4.78, 5) is 6.49. The van der Waals surface area contributed by atoms with Gasteiger partial charge in [-0.15, -0.1) is 0 Å². The van der Waals surface area contributed by atoms with Crippen molar-refractivity contribution in [3.63, 3.8) is 0 Å². The first-order valence-corrected chi connectivity index (χ1v) is 6.63. The van der Waals surface area contributed by atoms with Crippen molar-refractivity contribution >= 4 is 0 Å². The lowest BCUT2D eigenvalue weighted by Crippen LogP contribution is -2.33. The van der Waals surface area contributed by atoms with Gasteiger partial charge in [0, 0.05) is 31.9 Å². The van der Waals surface area contributed by atoms with E-state index in [1.807, 2.05) is 12.1 Å². The van der Waals surface area contributed by atoms with Crippen molar-refractivity contribution in [2.45, 2.75) is 32.4 Å². The number of nitriles is 1. The molecule has 0 aromatic carbocycles. The lowest BCUT2D eigenvalue weighted by atomic mass is 10.2. The van der Waals surface area contributed by atoms with Crippen LogP contribution in [0.2, 0.25) is 0 Å². The Morgan fingerprint density at radius 3 is 3.06 bits per heavy atom. The molecule has 1 fully saturated rings. The number of hydrogen-bond acceptors (Lipinski definition) is 4. The molecule has 96 valence electrons. The minimum absolute atomic E-state index is 0.488. The molecule has 0 bridgehead atoms. The maximum atomic E-state index is 8.77. The molecule has 0 spiro atoms. The van der Waals surface area contributed by atoms with Gasteiger partial charge < -0.3 is 5.32 Å². The van der Waals surface area contributed by atoms with Gasteiger partial charge >= 0.3 is 0 Å². The molecule has 1 aromatic rings. The highest BCUT2D eigenvalue weighted by Crippen LogP contribution is 2.25. The summed E-state index contributed by atoms with van der Waals surface area (Å²) < 4.78 is 0. The quantitative estimate of drug-likeness (QED) is 0.739. The Balaban J connectivity index is 1.69. The van der Waals surface area contributed by atoms with E-state index in [1.165, 1.54) is 12.8 Å². The van der Waals surface area contributed by atoms with Crippen LogP contribution in [0.5, 0.6) is 0 Å². The molecular weight excluding hydrogens is 224 g/mol. The van der Waals surface area contributed by atoms with E-state index >= 15 is 0 Å². The highest BCUT2D eigenvalue weighted by atomic mass is 15.2. The highest BCUT2D eigenvalue weighted by molar-refractivity contribution is 5.25. The van der Waals surface area contributed by atoms with Crippen LogP contribution in [-0.2, 0) is 6.54 Å². The monoisotopic (exact) mass is 244 g/mol. The number of nitrogens with zero attached hydrogens (tertiary/aromatic N) is 3. The van der Waals surface area contributed by atoms with Crippen LogP contribution >= 0.6 is 0 Å². The van der Waals surface area contributed by atoms with E-state index in [0.717, 1.165) is 37.8 Å². The fourth-order valence-corrected chi connectivity index (χ4v) is 2.14. The Labute approximate surface area is 109 Å². The summed E-state index contributed by atoms with van der Waals surface area (Å²) in [5.74, 6) is 0. The van der Waals surface area contributed by atoms with Crippen molar-refractivity contribution < 1.29 is 0 Å². The molecule has 4 heteroatoms. The molecule has 0 radical (unpaired) electrons. The van der Waals surface area contributed by atoms with Crippen molar-refractivity contribution in [2.75, 3.05) is 19.6 Å². The molecule has 18 heavy (non-hydrogen) atoms. The highest BCUT2D eigenvalue weighted by Gasteiger charge is 2.26. The van der Waals surface area contributed by atoms with Crippen LogP contribution in [0.3, 0.4) is 0 Å². The predicted molar refractivity (Wildman–Crippen MR) is 70.9 cm³/mol. The zero-order valence-corrected chi connectivity index (χ0v) is 10.9. The van der Waals surface area contributed by atoms with E-state index in [1.54, 1.807) is 6.20 Å². The molecule has 2 rings (SSSR count). The smallest absolute Gasteiger partial charge is 0.140 e. The van der Waals surface area contributed by atoms with Crippen LogP contribution in [0.1, 0.15) is 31.0 Å². The summed E-state index contributed by atoms with van der Waals surface area (Å²) in [5.41, 5.74) is 1.61. The lowest BCUT2D eigenvalue weighted by molar-refractivity contribution is 0.277. The molecular formula is C14H20N4. The molecule has 1 aliphatic carbocycles. The first kappa shape index (κ1) is 13.0. The number of likely N-dealkylation sites (N-methyl/N-ethyl adjacent to an activating group) is 1. The Morgan fingerprint density at radius 1 is 1.56 bits per heavy atom. The van der Waals surface area contributed by atoms with Crippen LogP contribution < -0.4 is 5.32 Å². The van der Waals surface area contributed by atoms with Gasteiger partial charge in [0.05, 0.1) is 0 Å². The maximum Gasteiger partial charge on any atom is 0.140 e. The number of aromatic nitrogens is 1. The van der Waals surface area contributed by atoms with Gasteiger partial charge in [-0.1, -0.05) is 6.92 Å². The second kappa shape index (κ2) is 6.48. The Morgan fingerprint density at radius 2 is 2.39 bits per heavy atom. The molecule has 0 aliphatic heterocycles. The molecule has 1 aromatic heterocycles.